The van der Waals surface area contributed by atoms with Crippen LogP contribution in [0.5, 0.6) is 5.75 Å². The summed E-state index contributed by atoms with van der Waals surface area (Å²) in [7, 11) is 0. The molecule has 5 heteroatoms. The lowest BCUT2D eigenvalue weighted by molar-refractivity contribution is 0.296. The number of halogens is 3. The Kier molecular flexibility index (Phi) is 3.71. The van der Waals surface area contributed by atoms with Gasteiger partial charge in [-0.15, -0.1) is 0 Å². The predicted molar refractivity (Wildman–Crippen MR) is 61.8 cm³/mol. The van der Waals surface area contributed by atoms with Gasteiger partial charge in [0.25, 0.3) is 0 Å². The number of nitrogens with zero attached hydrogens (tertiary/aromatic N) is 1. The summed E-state index contributed by atoms with van der Waals surface area (Å²) < 4.78 is 44.6. The summed E-state index contributed by atoms with van der Waals surface area (Å²) in [5, 5.41) is 8.67. The Morgan fingerprint density at radius 3 is 2.37 bits per heavy atom. The van der Waals surface area contributed by atoms with Crippen LogP contribution in [0.15, 0.2) is 36.4 Å². The molecule has 0 aromatic heterocycles. The minimum Gasteiger partial charge on any atom is -0.489 e. The van der Waals surface area contributed by atoms with E-state index in [9.17, 15) is 13.2 Å². The van der Waals surface area contributed by atoms with E-state index in [1.807, 2.05) is 0 Å². The molecule has 2 rings (SSSR count). The van der Waals surface area contributed by atoms with Crippen molar-refractivity contribution < 1.29 is 17.9 Å². The molecule has 19 heavy (non-hydrogen) atoms. The van der Waals surface area contributed by atoms with E-state index in [1.54, 1.807) is 6.07 Å². The van der Waals surface area contributed by atoms with Gasteiger partial charge in [-0.05, 0) is 6.07 Å². The highest BCUT2D eigenvalue weighted by Crippen LogP contribution is 2.18. The quantitative estimate of drug-likeness (QED) is 0.848. The third-order valence-corrected chi connectivity index (χ3v) is 2.43. The molecule has 0 saturated carbocycles. The van der Waals surface area contributed by atoms with Crippen molar-refractivity contribution in [1.29, 1.82) is 5.26 Å². The van der Waals surface area contributed by atoms with E-state index in [4.69, 9.17) is 10.00 Å². The molecule has 0 aliphatic rings. The number of benzene rings is 2. The second kappa shape index (κ2) is 5.44. The van der Waals surface area contributed by atoms with E-state index >= 15 is 0 Å². The third kappa shape index (κ3) is 3.05. The smallest absolute Gasteiger partial charge is 0.147 e. The molecule has 0 aliphatic heterocycles. The molecule has 0 aliphatic carbocycles. The van der Waals surface area contributed by atoms with Crippen molar-refractivity contribution in [1.82, 2.24) is 0 Å². The zero-order chi connectivity index (χ0) is 13.8. The van der Waals surface area contributed by atoms with Crippen LogP contribution in [0.2, 0.25) is 0 Å². The van der Waals surface area contributed by atoms with Gasteiger partial charge in [-0.1, -0.05) is 12.1 Å². The van der Waals surface area contributed by atoms with Crippen LogP contribution < -0.4 is 4.74 Å². The number of hydrogen-bond donors (Lipinski definition) is 0. The van der Waals surface area contributed by atoms with Gasteiger partial charge < -0.3 is 4.74 Å². The summed E-state index contributed by atoms with van der Waals surface area (Å²) >= 11 is 0. The third-order valence-electron chi connectivity index (χ3n) is 2.43. The fourth-order valence-corrected chi connectivity index (χ4v) is 1.55. The lowest BCUT2D eigenvalue weighted by Crippen LogP contribution is -2.00. The first-order chi connectivity index (χ1) is 9.10. The first-order valence-corrected chi connectivity index (χ1v) is 5.36. The summed E-state index contributed by atoms with van der Waals surface area (Å²) in [5.41, 5.74) is 0.0373. The predicted octanol–water partition coefficient (Wildman–Crippen LogP) is 3.55. The summed E-state index contributed by atoms with van der Waals surface area (Å²) in [6.45, 7) is -0.218. The second-order valence-electron chi connectivity index (χ2n) is 3.78. The van der Waals surface area contributed by atoms with Crippen LogP contribution >= 0.6 is 0 Å². The van der Waals surface area contributed by atoms with Crippen LogP contribution in [0.25, 0.3) is 0 Å². The maximum Gasteiger partial charge on any atom is 0.147 e. The number of hydrogen-bond acceptors (Lipinski definition) is 2. The Morgan fingerprint density at radius 1 is 1.05 bits per heavy atom. The molecule has 0 amide bonds. The van der Waals surface area contributed by atoms with E-state index in [2.05, 4.69) is 0 Å². The van der Waals surface area contributed by atoms with Crippen molar-refractivity contribution in [2.45, 2.75) is 6.61 Å². The maximum atomic E-state index is 13.7. The zero-order valence-corrected chi connectivity index (χ0v) is 9.66. The van der Waals surface area contributed by atoms with E-state index in [-0.39, 0.29) is 23.5 Å². The van der Waals surface area contributed by atoms with Gasteiger partial charge >= 0.3 is 0 Å². The van der Waals surface area contributed by atoms with Gasteiger partial charge in [0.1, 0.15) is 35.9 Å². The first-order valence-electron chi connectivity index (χ1n) is 5.36. The molecule has 0 saturated heterocycles. The standard InChI is InChI=1S/C14H8F3NO/c15-11-4-12(16)6-13(5-11)19-8-10-3-1-2-9(7-18)14(10)17/h1-6H,8H2. The topological polar surface area (TPSA) is 33.0 Å². The highest BCUT2D eigenvalue weighted by molar-refractivity contribution is 5.35. The van der Waals surface area contributed by atoms with Gasteiger partial charge in [0.2, 0.25) is 0 Å². The molecule has 0 atom stereocenters. The molecule has 0 heterocycles. The van der Waals surface area contributed by atoms with Crippen LogP contribution in [0.1, 0.15) is 11.1 Å². The van der Waals surface area contributed by atoms with E-state index in [0.717, 1.165) is 12.1 Å². The number of nitriles is 1. The molecular weight excluding hydrogens is 255 g/mol. The molecule has 0 spiro atoms. The van der Waals surface area contributed by atoms with Crippen LogP contribution in [0, 0.1) is 28.8 Å². The Bertz CT molecular complexity index is 629. The van der Waals surface area contributed by atoms with Gasteiger partial charge in [-0.3, -0.25) is 0 Å². The van der Waals surface area contributed by atoms with Crippen molar-refractivity contribution in [3.63, 3.8) is 0 Å². The molecular formula is C14H8F3NO. The average Bonchev–Trinajstić information content (AvgIpc) is 2.36. The Balaban J connectivity index is 2.17. The molecule has 0 N–H and O–H groups in total. The van der Waals surface area contributed by atoms with Gasteiger partial charge in [0.05, 0.1) is 5.56 Å². The van der Waals surface area contributed by atoms with Gasteiger partial charge in [0, 0.05) is 23.8 Å². The fraction of sp³-hybridized carbons (Fsp3) is 0.0714. The van der Waals surface area contributed by atoms with Crippen LogP contribution in [-0.2, 0) is 6.61 Å². The molecule has 2 aromatic carbocycles. The highest BCUT2D eigenvalue weighted by Gasteiger charge is 2.09. The average molecular weight is 263 g/mol. The molecule has 2 nitrogen and oxygen atoms in total. The fourth-order valence-electron chi connectivity index (χ4n) is 1.55. The molecule has 0 radical (unpaired) electrons. The second-order valence-corrected chi connectivity index (χ2v) is 3.78. The monoisotopic (exact) mass is 263 g/mol. The van der Waals surface area contributed by atoms with Crippen LogP contribution in [0.4, 0.5) is 13.2 Å². The van der Waals surface area contributed by atoms with Gasteiger partial charge in [0.15, 0.2) is 0 Å². The van der Waals surface area contributed by atoms with E-state index < -0.39 is 17.5 Å². The normalized spacial score (nSPS) is 10.0. The highest BCUT2D eigenvalue weighted by atomic mass is 19.1. The lowest BCUT2D eigenvalue weighted by Gasteiger charge is -2.08. The minimum atomic E-state index is -0.777. The number of rotatable bonds is 3. The summed E-state index contributed by atoms with van der Waals surface area (Å²) in [6.07, 6.45) is 0. The molecule has 0 unspecified atom stereocenters. The maximum absolute atomic E-state index is 13.7. The Labute approximate surface area is 107 Å². The molecule has 2 aromatic rings. The Hall–Kier alpha value is -2.48. The van der Waals surface area contributed by atoms with Gasteiger partial charge in [-0.2, -0.15) is 5.26 Å². The summed E-state index contributed by atoms with van der Waals surface area (Å²) in [4.78, 5) is 0. The van der Waals surface area contributed by atoms with Crippen molar-refractivity contribution in [2.75, 3.05) is 0 Å². The SMILES string of the molecule is N#Cc1cccc(COc2cc(F)cc(F)c2)c1F. The zero-order valence-electron chi connectivity index (χ0n) is 9.66. The molecule has 0 bridgehead atoms. The van der Waals surface area contributed by atoms with E-state index in [0.29, 0.717) is 6.07 Å². The van der Waals surface area contributed by atoms with Crippen molar-refractivity contribution in [3.05, 3.63) is 65.0 Å². The van der Waals surface area contributed by atoms with Crippen molar-refractivity contribution in [2.24, 2.45) is 0 Å². The minimum absolute atomic E-state index is 0.0424. The van der Waals surface area contributed by atoms with Crippen LogP contribution in [-0.4, -0.2) is 0 Å². The lowest BCUT2D eigenvalue weighted by atomic mass is 10.1. The molecule has 0 fully saturated rings. The summed E-state index contributed by atoms with van der Waals surface area (Å²) in [6, 6.07) is 8.68. The summed E-state index contributed by atoms with van der Waals surface area (Å²) in [5.74, 6) is -2.29. The van der Waals surface area contributed by atoms with Crippen LogP contribution in [0.3, 0.4) is 0 Å². The Morgan fingerprint density at radius 2 is 1.74 bits per heavy atom. The number of ether oxygens (including phenoxy) is 1. The van der Waals surface area contributed by atoms with E-state index in [1.165, 1.54) is 18.2 Å². The van der Waals surface area contributed by atoms with Crippen molar-refractivity contribution >= 4 is 0 Å². The first kappa shape index (κ1) is 13.0. The van der Waals surface area contributed by atoms with Gasteiger partial charge in [-0.25, -0.2) is 13.2 Å². The largest absolute Gasteiger partial charge is 0.489 e. The molecule has 96 valence electrons. The van der Waals surface area contributed by atoms with Crippen molar-refractivity contribution in [3.8, 4) is 11.8 Å².